The van der Waals surface area contributed by atoms with Crippen LogP contribution < -0.4 is 9.80 Å². The Kier molecular flexibility index (Phi) is 13.5. The number of benzene rings is 1. The highest BCUT2D eigenvalue weighted by Gasteiger charge is 2.14. The van der Waals surface area contributed by atoms with Crippen LogP contribution in [0.5, 0.6) is 0 Å². The van der Waals surface area contributed by atoms with Gasteiger partial charge in [-0.2, -0.15) is 0 Å². The summed E-state index contributed by atoms with van der Waals surface area (Å²) in [5.41, 5.74) is 2.15. The fourth-order valence-electron chi connectivity index (χ4n) is 3.55. The second kappa shape index (κ2) is 15.6. The molecule has 0 bridgehead atoms. The van der Waals surface area contributed by atoms with Gasteiger partial charge in [0, 0.05) is 31.5 Å². The summed E-state index contributed by atoms with van der Waals surface area (Å²) in [6, 6.07) is 5.45. The summed E-state index contributed by atoms with van der Waals surface area (Å²) >= 11 is 0. The van der Waals surface area contributed by atoms with Gasteiger partial charge in [-0.25, -0.2) is 9.38 Å². The van der Waals surface area contributed by atoms with Crippen LogP contribution in [-0.4, -0.2) is 32.3 Å². The van der Waals surface area contributed by atoms with Gasteiger partial charge in [-0.05, 0) is 50.5 Å². The Morgan fingerprint density at radius 2 is 1.61 bits per heavy atom. The first-order valence-electron chi connectivity index (χ1n) is 12.0. The topological polar surface area (TPSA) is 35.9 Å². The number of halogens is 1. The highest BCUT2D eigenvalue weighted by Crippen LogP contribution is 2.26. The van der Waals surface area contributed by atoms with Gasteiger partial charge in [0.15, 0.2) is 0 Å². The van der Waals surface area contributed by atoms with Gasteiger partial charge in [0.1, 0.15) is 17.9 Å². The van der Waals surface area contributed by atoms with E-state index in [1.165, 1.54) is 44.6 Å². The molecule has 0 aliphatic carbocycles. The molecule has 1 rings (SSSR count). The summed E-state index contributed by atoms with van der Waals surface area (Å²) in [6.07, 6.45) is 12.3. The number of hydrogen-bond donors (Lipinski definition) is 0. The number of nitrogens with zero attached hydrogens (tertiary/aromatic N) is 3. The lowest BCUT2D eigenvalue weighted by atomic mass is 10.1. The summed E-state index contributed by atoms with van der Waals surface area (Å²) < 4.78 is 15.2. The number of hydrogen-bond acceptors (Lipinski definition) is 3. The summed E-state index contributed by atoms with van der Waals surface area (Å²) in [5.74, 6) is 0.528. The number of anilines is 2. The van der Waals surface area contributed by atoms with E-state index in [0.29, 0.717) is 17.8 Å². The molecule has 4 nitrogen and oxygen atoms in total. The molecule has 5 heteroatoms. The van der Waals surface area contributed by atoms with Crippen LogP contribution in [0.4, 0.5) is 15.8 Å². The average Bonchev–Trinajstić information content (AvgIpc) is 2.77. The van der Waals surface area contributed by atoms with Gasteiger partial charge >= 0.3 is 0 Å². The first kappa shape index (κ1) is 26.9. The molecule has 0 heterocycles. The van der Waals surface area contributed by atoms with Gasteiger partial charge in [0.2, 0.25) is 0 Å². The van der Waals surface area contributed by atoms with E-state index in [2.05, 4.69) is 23.7 Å². The van der Waals surface area contributed by atoms with E-state index in [1.807, 2.05) is 37.9 Å². The normalized spacial score (nSPS) is 12.2. The average molecular weight is 432 g/mol. The van der Waals surface area contributed by atoms with Crippen LogP contribution in [0.25, 0.3) is 0 Å². The number of aliphatic imine (C=N–C) groups is 1. The zero-order chi connectivity index (χ0) is 23.1. The molecular formula is C26H42FN3O. The van der Waals surface area contributed by atoms with Gasteiger partial charge in [-0.1, -0.05) is 59.3 Å². The van der Waals surface area contributed by atoms with E-state index in [1.54, 1.807) is 6.07 Å². The van der Waals surface area contributed by atoms with Crippen LogP contribution in [0.2, 0.25) is 0 Å². The SMILES string of the molecule is CCCCCCN(CCCCCC)c1ccc(N(C)/C(C)=N\C(=C/C=O)CC)cc1F. The lowest BCUT2D eigenvalue weighted by Gasteiger charge is -2.27. The molecule has 0 fully saturated rings. The van der Waals surface area contributed by atoms with E-state index in [-0.39, 0.29) is 5.82 Å². The number of amidine groups is 1. The number of unbranched alkanes of at least 4 members (excludes halogenated alkanes) is 6. The number of carbonyl (C=O) groups is 1. The first-order chi connectivity index (χ1) is 15.0. The second-order valence-corrected chi connectivity index (χ2v) is 8.11. The molecule has 174 valence electrons. The van der Waals surface area contributed by atoms with Crippen molar-refractivity contribution in [1.29, 1.82) is 0 Å². The molecule has 0 aliphatic heterocycles. The number of aldehydes is 1. The molecule has 1 aromatic rings. The minimum Gasteiger partial charge on any atom is -0.369 e. The fraction of sp³-hybridized carbons (Fsp3) is 0.615. The van der Waals surface area contributed by atoms with Crippen molar-refractivity contribution in [2.24, 2.45) is 4.99 Å². The van der Waals surface area contributed by atoms with Crippen LogP contribution in [-0.2, 0) is 4.79 Å². The Balaban J connectivity index is 2.98. The maximum Gasteiger partial charge on any atom is 0.148 e. The van der Waals surface area contributed by atoms with Crippen LogP contribution >= 0.6 is 0 Å². The Morgan fingerprint density at radius 1 is 1.00 bits per heavy atom. The monoisotopic (exact) mass is 431 g/mol. The predicted octanol–water partition coefficient (Wildman–Crippen LogP) is 7.14. The Morgan fingerprint density at radius 3 is 2.10 bits per heavy atom. The predicted molar refractivity (Wildman–Crippen MR) is 133 cm³/mol. The third kappa shape index (κ3) is 9.67. The third-order valence-corrected chi connectivity index (χ3v) is 5.64. The smallest absolute Gasteiger partial charge is 0.148 e. The van der Waals surface area contributed by atoms with E-state index < -0.39 is 0 Å². The fourth-order valence-corrected chi connectivity index (χ4v) is 3.55. The number of allylic oxidation sites excluding steroid dienone is 2. The van der Waals surface area contributed by atoms with Gasteiger partial charge < -0.3 is 9.80 Å². The van der Waals surface area contributed by atoms with Crippen molar-refractivity contribution in [3.8, 4) is 0 Å². The van der Waals surface area contributed by atoms with Crippen LogP contribution in [0.1, 0.15) is 85.5 Å². The molecule has 0 spiro atoms. The lowest BCUT2D eigenvalue weighted by Crippen LogP contribution is -2.27. The van der Waals surface area contributed by atoms with Crippen molar-refractivity contribution in [1.82, 2.24) is 0 Å². The van der Waals surface area contributed by atoms with Crippen molar-refractivity contribution in [2.45, 2.75) is 85.5 Å². The quantitative estimate of drug-likeness (QED) is 0.0973. The molecule has 0 aromatic heterocycles. The van der Waals surface area contributed by atoms with Gasteiger partial charge in [0.25, 0.3) is 0 Å². The van der Waals surface area contributed by atoms with Crippen molar-refractivity contribution in [3.05, 3.63) is 35.8 Å². The largest absolute Gasteiger partial charge is 0.369 e. The van der Waals surface area contributed by atoms with Crippen molar-refractivity contribution < 1.29 is 9.18 Å². The number of carbonyl (C=O) groups excluding carboxylic acids is 1. The summed E-state index contributed by atoms with van der Waals surface area (Å²) in [6.45, 7) is 10.0. The van der Waals surface area contributed by atoms with E-state index in [0.717, 1.165) is 43.7 Å². The van der Waals surface area contributed by atoms with Crippen LogP contribution in [0.3, 0.4) is 0 Å². The van der Waals surface area contributed by atoms with Gasteiger partial charge in [-0.3, -0.25) is 4.79 Å². The molecular weight excluding hydrogens is 389 g/mol. The van der Waals surface area contributed by atoms with E-state index in [9.17, 15) is 4.79 Å². The molecule has 0 aliphatic rings. The molecule has 0 saturated carbocycles. The van der Waals surface area contributed by atoms with Crippen molar-refractivity contribution in [2.75, 3.05) is 29.9 Å². The zero-order valence-electron chi connectivity index (χ0n) is 20.3. The number of rotatable bonds is 15. The summed E-state index contributed by atoms with van der Waals surface area (Å²) in [4.78, 5) is 19.3. The van der Waals surface area contributed by atoms with Gasteiger partial charge in [-0.15, -0.1) is 0 Å². The minimum absolute atomic E-state index is 0.192. The molecule has 1 aromatic carbocycles. The lowest BCUT2D eigenvalue weighted by molar-refractivity contribution is -0.104. The molecule has 0 saturated heterocycles. The van der Waals surface area contributed by atoms with Crippen LogP contribution in [0, 0.1) is 5.82 Å². The molecule has 0 atom stereocenters. The van der Waals surface area contributed by atoms with Gasteiger partial charge in [0.05, 0.1) is 5.69 Å². The van der Waals surface area contributed by atoms with E-state index in [4.69, 9.17) is 0 Å². The Hall–Kier alpha value is -2.17. The van der Waals surface area contributed by atoms with E-state index >= 15 is 4.39 Å². The molecule has 0 unspecified atom stereocenters. The first-order valence-corrected chi connectivity index (χ1v) is 12.0. The standard InChI is InChI=1S/C26H42FN3O/c1-6-9-11-13-18-30(19-14-12-10-7-2)26-16-15-24(21-25(26)27)29(5)22(4)28-23(8-3)17-20-31/h15-17,20-21H,6-14,18-19H2,1-5H3/b23-17-,28-22-. The Bertz CT molecular complexity index is 703. The molecule has 0 N–H and O–H groups in total. The zero-order valence-corrected chi connectivity index (χ0v) is 20.3. The maximum atomic E-state index is 15.2. The van der Waals surface area contributed by atoms with Crippen molar-refractivity contribution >= 4 is 23.5 Å². The summed E-state index contributed by atoms with van der Waals surface area (Å²) in [5, 5.41) is 0. The summed E-state index contributed by atoms with van der Waals surface area (Å²) in [7, 11) is 1.87. The Labute approximate surface area is 189 Å². The third-order valence-electron chi connectivity index (χ3n) is 5.64. The highest BCUT2D eigenvalue weighted by molar-refractivity contribution is 5.96. The minimum atomic E-state index is -0.192. The highest BCUT2D eigenvalue weighted by atomic mass is 19.1. The van der Waals surface area contributed by atoms with Crippen LogP contribution in [0.15, 0.2) is 35.0 Å². The molecule has 31 heavy (non-hydrogen) atoms. The second-order valence-electron chi connectivity index (χ2n) is 8.11. The molecule has 0 radical (unpaired) electrons. The maximum absolute atomic E-state index is 15.2. The van der Waals surface area contributed by atoms with Crippen molar-refractivity contribution in [3.63, 3.8) is 0 Å². The molecule has 0 amide bonds.